The van der Waals surface area contributed by atoms with Gasteiger partial charge >= 0.3 is 5.63 Å². The van der Waals surface area contributed by atoms with Gasteiger partial charge in [-0.3, -0.25) is 9.80 Å². The Kier molecular flexibility index (Phi) is 5.57. The number of hydrogen-bond acceptors (Lipinski definition) is 6. The molecule has 0 amide bonds. The van der Waals surface area contributed by atoms with Crippen LogP contribution < -0.4 is 5.63 Å². The van der Waals surface area contributed by atoms with Gasteiger partial charge in [0.25, 0.3) is 0 Å². The number of fused-ring (bicyclic) bond motifs is 1. The van der Waals surface area contributed by atoms with Crippen molar-refractivity contribution in [3.8, 4) is 0 Å². The van der Waals surface area contributed by atoms with Crippen LogP contribution in [0.25, 0.3) is 11.0 Å². The third-order valence-electron chi connectivity index (χ3n) is 6.36. The molecule has 0 radical (unpaired) electrons. The number of piperazine rings is 1. The number of hydrogen-bond donors (Lipinski definition) is 0. The van der Waals surface area contributed by atoms with Crippen molar-refractivity contribution in [2.75, 3.05) is 37.7 Å². The molecule has 29 heavy (non-hydrogen) atoms. The SMILES string of the molecule is Cc1cc2oc(=O)cc(CN3CCN(C4CCS(=O)(=O)C4)CC3)c2cc1C(C)C. The molecule has 1 aromatic heterocycles. The van der Waals surface area contributed by atoms with E-state index in [-0.39, 0.29) is 11.7 Å². The summed E-state index contributed by atoms with van der Waals surface area (Å²) >= 11 is 0. The van der Waals surface area contributed by atoms with Crippen LogP contribution in [-0.4, -0.2) is 61.9 Å². The van der Waals surface area contributed by atoms with Crippen molar-refractivity contribution in [3.05, 3.63) is 45.3 Å². The second kappa shape index (κ2) is 7.85. The largest absolute Gasteiger partial charge is 0.423 e. The lowest BCUT2D eigenvalue weighted by atomic mass is 9.95. The molecular formula is C22H30N2O4S. The summed E-state index contributed by atoms with van der Waals surface area (Å²) < 4.78 is 29.0. The van der Waals surface area contributed by atoms with Crippen LogP contribution in [0.3, 0.4) is 0 Å². The summed E-state index contributed by atoms with van der Waals surface area (Å²) in [5.41, 5.74) is 3.78. The average Bonchev–Trinajstić information content (AvgIpc) is 3.01. The van der Waals surface area contributed by atoms with Gasteiger partial charge in [0.1, 0.15) is 5.58 Å². The topological polar surface area (TPSA) is 70.8 Å². The summed E-state index contributed by atoms with van der Waals surface area (Å²) in [7, 11) is -2.85. The molecule has 2 saturated heterocycles. The van der Waals surface area contributed by atoms with Gasteiger partial charge in [-0.15, -0.1) is 0 Å². The van der Waals surface area contributed by atoms with Crippen LogP contribution >= 0.6 is 0 Å². The molecule has 2 aliphatic heterocycles. The number of sulfone groups is 1. The van der Waals surface area contributed by atoms with Crippen molar-refractivity contribution < 1.29 is 12.8 Å². The first-order chi connectivity index (χ1) is 13.7. The van der Waals surface area contributed by atoms with E-state index < -0.39 is 9.84 Å². The fraction of sp³-hybridized carbons (Fsp3) is 0.591. The molecule has 2 fully saturated rings. The van der Waals surface area contributed by atoms with Crippen molar-refractivity contribution in [3.63, 3.8) is 0 Å². The van der Waals surface area contributed by atoms with E-state index in [0.29, 0.717) is 29.6 Å². The predicted octanol–water partition coefficient (Wildman–Crippen LogP) is 2.53. The first kappa shape index (κ1) is 20.6. The molecule has 1 unspecified atom stereocenters. The molecule has 2 aliphatic rings. The van der Waals surface area contributed by atoms with Gasteiger partial charge in [0, 0.05) is 50.2 Å². The Morgan fingerprint density at radius 3 is 2.48 bits per heavy atom. The smallest absolute Gasteiger partial charge is 0.336 e. The van der Waals surface area contributed by atoms with Crippen LogP contribution in [0.5, 0.6) is 0 Å². The van der Waals surface area contributed by atoms with Crippen LogP contribution in [0.15, 0.2) is 27.4 Å². The predicted molar refractivity (Wildman–Crippen MR) is 115 cm³/mol. The molecule has 4 rings (SSSR count). The monoisotopic (exact) mass is 418 g/mol. The minimum Gasteiger partial charge on any atom is -0.423 e. The van der Waals surface area contributed by atoms with Crippen molar-refractivity contribution in [2.45, 2.75) is 45.7 Å². The highest BCUT2D eigenvalue weighted by Gasteiger charge is 2.33. The molecular weight excluding hydrogens is 388 g/mol. The van der Waals surface area contributed by atoms with E-state index in [2.05, 4.69) is 36.6 Å². The summed E-state index contributed by atoms with van der Waals surface area (Å²) in [4.78, 5) is 16.8. The van der Waals surface area contributed by atoms with Crippen LogP contribution in [0.4, 0.5) is 0 Å². The average molecular weight is 419 g/mol. The van der Waals surface area contributed by atoms with E-state index in [0.717, 1.165) is 49.1 Å². The number of nitrogens with zero attached hydrogens (tertiary/aromatic N) is 2. The second-order valence-corrected chi connectivity index (χ2v) is 11.0. The van der Waals surface area contributed by atoms with Gasteiger partial charge in [-0.1, -0.05) is 13.8 Å². The number of rotatable bonds is 4. The summed E-state index contributed by atoms with van der Waals surface area (Å²) in [5, 5.41) is 1.02. The molecule has 1 atom stereocenters. The molecule has 0 aliphatic carbocycles. The van der Waals surface area contributed by atoms with Gasteiger partial charge in [-0.2, -0.15) is 0 Å². The zero-order valence-electron chi connectivity index (χ0n) is 17.5. The first-order valence-corrected chi connectivity index (χ1v) is 12.3. The summed E-state index contributed by atoms with van der Waals surface area (Å²) in [6, 6.07) is 5.95. The molecule has 158 valence electrons. The van der Waals surface area contributed by atoms with E-state index >= 15 is 0 Å². The third kappa shape index (κ3) is 4.42. The Morgan fingerprint density at radius 2 is 1.86 bits per heavy atom. The van der Waals surface area contributed by atoms with Crippen LogP contribution in [0.1, 0.15) is 42.9 Å². The van der Waals surface area contributed by atoms with E-state index in [1.807, 2.05) is 6.07 Å². The maximum atomic E-state index is 12.1. The fourth-order valence-electron chi connectivity index (χ4n) is 4.74. The lowest BCUT2D eigenvalue weighted by Gasteiger charge is -2.37. The maximum Gasteiger partial charge on any atom is 0.336 e. The number of aryl methyl sites for hydroxylation is 1. The minimum atomic E-state index is -2.85. The van der Waals surface area contributed by atoms with Crippen LogP contribution in [-0.2, 0) is 16.4 Å². The lowest BCUT2D eigenvalue weighted by molar-refractivity contribution is 0.100. The maximum absolute atomic E-state index is 12.1. The molecule has 1 aromatic carbocycles. The Balaban J connectivity index is 1.51. The van der Waals surface area contributed by atoms with Gasteiger partial charge in [-0.05, 0) is 48.1 Å². The van der Waals surface area contributed by atoms with E-state index in [4.69, 9.17) is 4.42 Å². The van der Waals surface area contributed by atoms with Crippen molar-refractivity contribution in [1.29, 1.82) is 0 Å². The molecule has 3 heterocycles. The van der Waals surface area contributed by atoms with Crippen LogP contribution in [0, 0.1) is 6.92 Å². The lowest BCUT2D eigenvalue weighted by Crippen LogP contribution is -2.50. The van der Waals surface area contributed by atoms with E-state index in [1.54, 1.807) is 6.07 Å². The Labute approximate surface area is 172 Å². The molecule has 0 saturated carbocycles. The molecule has 0 bridgehead atoms. The van der Waals surface area contributed by atoms with Gasteiger partial charge in [0.05, 0.1) is 11.5 Å². The highest BCUT2D eigenvalue weighted by atomic mass is 32.2. The molecule has 2 aromatic rings. The fourth-order valence-corrected chi connectivity index (χ4v) is 6.50. The Hall–Kier alpha value is -1.70. The van der Waals surface area contributed by atoms with Crippen molar-refractivity contribution in [2.24, 2.45) is 0 Å². The third-order valence-corrected chi connectivity index (χ3v) is 8.11. The van der Waals surface area contributed by atoms with Gasteiger partial charge in [-0.25, -0.2) is 13.2 Å². The normalized spacial score (nSPS) is 23.2. The quantitative estimate of drug-likeness (QED) is 0.711. The molecule has 0 N–H and O–H groups in total. The zero-order chi connectivity index (χ0) is 20.8. The molecule has 7 heteroatoms. The van der Waals surface area contributed by atoms with Gasteiger partial charge in [0.2, 0.25) is 0 Å². The van der Waals surface area contributed by atoms with E-state index in [1.165, 1.54) is 5.56 Å². The zero-order valence-corrected chi connectivity index (χ0v) is 18.3. The number of benzene rings is 1. The first-order valence-electron chi connectivity index (χ1n) is 10.5. The molecule has 6 nitrogen and oxygen atoms in total. The van der Waals surface area contributed by atoms with Gasteiger partial charge < -0.3 is 4.42 Å². The highest BCUT2D eigenvalue weighted by Crippen LogP contribution is 2.28. The summed E-state index contributed by atoms with van der Waals surface area (Å²) in [5.74, 6) is 1.03. The standard InChI is InChI=1S/C22H30N2O4S/c1-15(2)19-12-20-17(11-22(25)28-21(20)10-16(19)3)13-23-5-7-24(8-6-23)18-4-9-29(26,27)14-18/h10-12,15,18H,4-9,13-14H2,1-3H3. The minimum absolute atomic E-state index is 0.170. The molecule has 0 spiro atoms. The van der Waals surface area contributed by atoms with Crippen molar-refractivity contribution >= 4 is 20.8 Å². The van der Waals surface area contributed by atoms with Crippen LogP contribution in [0.2, 0.25) is 0 Å². The van der Waals surface area contributed by atoms with Crippen molar-refractivity contribution in [1.82, 2.24) is 9.80 Å². The second-order valence-electron chi connectivity index (χ2n) is 8.82. The summed E-state index contributed by atoms with van der Waals surface area (Å²) in [6.07, 6.45) is 0.754. The van der Waals surface area contributed by atoms with E-state index in [9.17, 15) is 13.2 Å². The van der Waals surface area contributed by atoms with Gasteiger partial charge in [0.15, 0.2) is 9.84 Å². The Bertz CT molecular complexity index is 1070. The highest BCUT2D eigenvalue weighted by molar-refractivity contribution is 7.91. The summed E-state index contributed by atoms with van der Waals surface area (Å²) in [6.45, 7) is 10.6. The Morgan fingerprint density at radius 1 is 1.14 bits per heavy atom.